The number of aliphatic imine (C=N–C) groups is 2. The SMILES string of the molecule is O=CCC1CCC2=C(C1)C1C(OC3CCC(N4CCOCC4)CC3)=NC=NC1S2. The van der Waals surface area contributed by atoms with Crippen LogP contribution >= 0.6 is 11.8 Å². The largest absolute Gasteiger partial charge is 0.477 e. The zero-order valence-electron chi connectivity index (χ0n) is 17.0. The Morgan fingerprint density at radius 1 is 1.21 bits per heavy atom. The first-order chi connectivity index (χ1) is 14.3. The van der Waals surface area contributed by atoms with Crippen molar-refractivity contribution in [1.29, 1.82) is 0 Å². The summed E-state index contributed by atoms with van der Waals surface area (Å²) in [7, 11) is 0. The van der Waals surface area contributed by atoms with Crippen LogP contribution in [0.4, 0.5) is 0 Å². The van der Waals surface area contributed by atoms with Crippen LogP contribution < -0.4 is 0 Å². The third-order valence-electron chi connectivity index (χ3n) is 7.16. The topological polar surface area (TPSA) is 63.5 Å². The summed E-state index contributed by atoms with van der Waals surface area (Å²) in [4.78, 5) is 24.3. The standard InChI is InChI=1S/C22H31N3O3S/c26-10-7-15-1-6-19-18(13-15)20-21(23-14-24-22(20)29-19)28-17-4-2-16(3-5-17)25-8-11-27-12-9-25/h10,14-17,20,22H,1-9,11-13H2. The molecule has 158 valence electrons. The van der Waals surface area contributed by atoms with E-state index in [4.69, 9.17) is 9.47 Å². The lowest BCUT2D eigenvalue weighted by atomic mass is 9.81. The minimum Gasteiger partial charge on any atom is -0.477 e. The van der Waals surface area contributed by atoms with Gasteiger partial charge < -0.3 is 14.3 Å². The van der Waals surface area contributed by atoms with Crippen LogP contribution in [0, 0.1) is 11.8 Å². The van der Waals surface area contributed by atoms with Crippen molar-refractivity contribution in [1.82, 2.24) is 4.90 Å². The third kappa shape index (κ3) is 4.19. The van der Waals surface area contributed by atoms with Crippen LogP contribution in [0.3, 0.4) is 0 Å². The normalized spacial score (nSPS) is 37.7. The molecule has 3 unspecified atom stereocenters. The van der Waals surface area contributed by atoms with Crippen molar-refractivity contribution in [2.45, 2.75) is 68.9 Å². The molecule has 5 aliphatic rings. The van der Waals surface area contributed by atoms with E-state index in [9.17, 15) is 4.79 Å². The van der Waals surface area contributed by atoms with Crippen molar-refractivity contribution >= 4 is 30.3 Å². The lowest BCUT2D eigenvalue weighted by Crippen LogP contribution is -2.46. The van der Waals surface area contributed by atoms with Crippen LogP contribution in [-0.4, -0.2) is 67.2 Å². The maximum absolute atomic E-state index is 11.0. The Balaban J connectivity index is 1.21. The van der Waals surface area contributed by atoms with Crippen LogP contribution in [0.25, 0.3) is 0 Å². The summed E-state index contributed by atoms with van der Waals surface area (Å²) in [6.45, 7) is 3.88. The monoisotopic (exact) mass is 417 g/mol. The van der Waals surface area contributed by atoms with Gasteiger partial charge in [0.15, 0.2) is 5.90 Å². The van der Waals surface area contributed by atoms with E-state index in [-0.39, 0.29) is 17.4 Å². The zero-order valence-corrected chi connectivity index (χ0v) is 17.8. The highest BCUT2D eigenvalue weighted by Crippen LogP contribution is 2.52. The number of carbonyl (C=O) groups excluding carboxylic acids is 1. The van der Waals surface area contributed by atoms with Crippen molar-refractivity contribution in [3.8, 4) is 0 Å². The Morgan fingerprint density at radius 2 is 2.03 bits per heavy atom. The van der Waals surface area contributed by atoms with Crippen LogP contribution in [0.15, 0.2) is 20.5 Å². The van der Waals surface area contributed by atoms with E-state index >= 15 is 0 Å². The first kappa shape index (κ1) is 19.8. The van der Waals surface area contributed by atoms with Crippen molar-refractivity contribution < 1.29 is 14.3 Å². The summed E-state index contributed by atoms with van der Waals surface area (Å²) < 4.78 is 12.0. The predicted molar refractivity (Wildman–Crippen MR) is 115 cm³/mol. The quantitative estimate of drug-likeness (QED) is 0.656. The predicted octanol–water partition coefficient (Wildman–Crippen LogP) is 3.42. The number of carbonyl (C=O) groups is 1. The third-order valence-corrected chi connectivity index (χ3v) is 8.54. The van der Waals surface area contributed by atoms with Gasteiger partial charge in [0.1, 0.15) is 24.1 Å². The smallest absolute Gasteiger partial charge is 0.200 e. The second-order valence-electron chi connectivity index (χ2n) is 8.87. The van der Waals surface area contributed by atoms with Gasteiger partial charge in [-0.1, -0.05) is 0 Å². The van der Waals surface area contributed by atoms with Crippen molar-refractivity contribution in [3.05, 3.63) is 10.5 Å². The van der Waals surface area contributed by atoms with Crippen LogP contribution in [0.5, 0.6) is 0 Å². The van der Waals surface area contributed by atoms with Gasteiger partial charge in [0, 0.05) is 25.6 Å². The highest BCUT2D eigenvalue weighted by molar-refractivity contribution is 8.04. The van der Waals surface area contributed by atoms with Gasteiger partial charge in [0.2, 0.25) is 0 Å². The Kier molecular flexibility index (Phi) is 6.07. The average molecular weight is 418 g/mol. The van der Waals surface area contributed by atoms with E-state index in [1.807, 2.05) is 11.8 Å². The van der Waals surface area contributed by atoms with Gasteiger partial charge in [-0.2, -0.15) is 0 Å². The molecule has 0 N–H and O–H groups in total. The number of ether oxygens (including phenoxy) is 2. The fraction of sp³-hybridized carbons (Fsp3) is 0.773. The molecule has 0 aromatic heterocycles. The van der Waals surface area contributed by atoms with Crippen LogP contribution in [0.2, 0.25) is 0 Å². The minimum absolute atomic E-state index is 0.186. The van der Waals surface area contributed by atoms with Crippen LogP contribution in [0.1, 0.15) is 51.4 Å². The lowest BCUT2D eigenvalue weighted by Gasteiger charge is -2.39. The molecule has 3 atom stereocenters. The number of hydrogen-bond donors (Lipinski definition) is 0. The second kappa shape index (κ2) is 8.90. The molecule has 0 spiro atoms. The first-order valence-electron chi connectivity index (χ1n) is 11.2. The van der Waals surface area contributed by atoms with Crippen molar-refractivity contribution in [2.24, 2.45) is 21.8 Å². The van der Waals surface area contributed by atoms with E-state index in [0.717, 1.165) is 70.6 Å². The molecule has 6 nitrogen and oxygen atoms in total. The highest BCUT2D eigenvalue weighted by Gasteiger charge is 2.44. The van der Waals surface area contributed by atoms with Gasteiger partial charge >= 0.3 is 0 Å². The van der Waals surface area contributed by atoms with Gasteiger partial charge in [-0.3, -0.25) is 9.89 Å². The fourth-order valence-electron chi connectivity index (χ4n) is 5.55. The Labute approximate surface area is 177 Å². The maximum Gasteiger partial charge on any atom is 0.200 e. The molecule has 29 heavy (non-hydrogen) atoms. The van der Waals surface area contributed by atoms with Gasteiger partial charge in [0.25, 0.3) is 0 Å². The molecule has 3 heterocycles. The van der Waals surface area contributed by atoms with E-state index in [1.54, 1.807) is 6.34 Å². The molecule has 0 amide bonds. The van der Waals surface area contributed by atoms with Gasteiger partial charge in [-0.05, 0) is 61.3 Å². The molecular weight excluding hydrogens is 386 g/mol. The number of fused-ring (bicyclic) bond motifs is 2. The molecule has 0 bridgehead atoms. The van der Waals surface area contributed by atoms with E-state index in [1.165, 1.54) is 23.3 Å². The van der Waals surface area contributed by atoms with Crippen molar-refractivity contribution in [3.63, 3.8) is 0 Å². The Morgan fingerprint density at radius 3 is 2.83 bits per heavy atom. The molecule has 2 fully saturated rings. The number of rotatable bonds is 4. The molecule has 0 radical (unpaired) electrons. The van der Waals surface area contributed by atoms with Gasteiger partial charge in [-0.15, -0.1) is 11.8 Å². The summed E-state index contributed by atoms with van der Waals surface area (Å²) in [6.07, 6.45) is 11.5. The molecular formula is C22H31N3O3S. The van der Waals surface area contributed by atoms with E-state index in [2.05, 4.69) is 14.9 Å². The summed E-state index contributed by atoms with van der Waals surface area (Å²) in [5.41, 5.74) is 1.45. The number of aldehydes is 1. The summed E-state index contributed by atoms with van der Waals surface area (Å²) >= 11 is 1.90. The van der Waals surface area contributed by atoms with E-state index < -0.39 is 0 Å². The minimum atomic E-state index is 0.186. The van der Waals surface area contributed by atoms with E-state index in [0.29, 0.717) is 18.4 Å². The number of morpholine rings is 1. The summed E-state index contributed by atoms with van der Waals surface area (Å²) in [5, 5.41) is 0.187. The molecule has 5 rings (SSSR count). The molecule has 0 aromatic rings. The number of thioether (sulfide) groups is 1. The van der Waals surface area contributed by atoms with Gasteiger partial charge in [-0.25, -0.2) is 4.99 Å². The number of hydrogen-bond acceptors (Lipinski definition) is 7. The van der Waals surface area contributed by atoms with Crippen LogP contribution in [-0.2, 0) is 14.3 Å². The first-order valence-corrected chi connectivity index (χ1v) is 12.1. The molecule has 7 heteroatoms. The molecule has 2 aliphatic carbocycles. The Bertz CT molecular complexity index is 708. The summed E-state index contributed by atoms with van der Waals surface area (Å²) in [5.74, 6) is 1.54. The molecule has 0 aromatic carbocycles. The molecule has 1 saturated heterocycles. The fourth-order valence-corrected chi connectivity index (χ4v) is 6.97. The number of nitrogens with zero attached hydrogens (tertiary/aromatic N) is 3. The summed E-state index contributed by atoms with van der Waals surface area (Å²) in [6, 6.07) is 0.681. The zero-order chi connectivity index (χ0) is 19.6. The van der Waals surface area contributed by atoms with Gasteiger partial charge in [0.05, 0.1) is 19.1 Å². The second-order valence-corrected chi connectivity index (χ2v) is 10.1. The number of allylic oxidation sites excluding steroid dienone is 1. The lowest BCUT2D eigenvalue weighted by molar-refractivity contribution is -0.108. The average Bonchev–Trinajstić information content (AvgIpc) is 3.14. The molecule has 3 aliphatic heterocycles. The maximum atomic E-state index is 11.0. The molecule has 1 saturated carbocycles. The highest BCUT2D eigenvalue weighted by atomic mass is 32.2. The Hall–Kier alpha value is -1.18. The van der Waals surface area contributed by atoms with Crippen molar-refractivity contribution in [2.75, 3.05) is 26.3 Å².